The van der Waals surface area contributed by atoms with Crippen LogP contribution >= 0.6 is 11.6 Å². The second-order valence-corrected chi connectivity index (χ2v) is 6.69. The zero-order chi connectivity index (χ0) is 18.1. The van der Waals surface area contributed by atoms with Crippen molar-refractivity contribution in [2.75, 3.05) is 10.2 Å². The van der Waals surface area contributed by atoms with Crippen molar-refractivity contribution in [2.45, 2.75) is 32.4 Å². The number of amides is 1. The highest BCUT2D eigenvalue weighted by atomic mass is 35.5. The molecule has 0 radical (unpaired) electrons. The monoisotopic (exact) mass is 358 g/mol. The smallest absolute Gasteiger partial charge is 0.335 e. The lowest BCUT2D eigenvalue weighted by Crippen LogP contribution is -2.43. The minimum absolute atomic E-state index is 0.00507. The van der Waals surface area contributed by atoms with Gasteiger partial charge in [-0.25, -0.2) is 4.79 Å². The molecule has 0 spiro atoms. The molecule has 0 saturated heterocycles. The molecule has 1 amide bonds. The molecule has 6 heteroatoms. The molecule has 3 rings (SSSR count). The Bertz CT molecular complexity index is 820. The number of benzene rings is 2. The standard InChI is InChI=1S/C19H19ClN2O3/c1-11-9-17(21-15-6-4-14(20)5-7-15)16-10-13(19(24)25)3-8-18(16)22(11)12(2)23/h3-8,10-11,17,21H,9H2,1-2H3,(H,24,25)/t11-,17?/m0/s1. The fraction of sp³-hybridized carbons (Fsp3) is 0.263. The zero-order valence-corrected chi connectivity index (χ0v) is 14.7. The van der Waals surface area contributed by atoms with Gasteiger partial charge in [-0.15, -0.1) is 0 Å². The number of fused-ring (bicyclic) bond motifs is 1. The summed E-state index contributed by atoms with van der Waals surface area (Å²) in [5.41, 5.74) is 2.66. The number of hydrogen-bond donors (Lipinski definition) is 2. The van der Waals surface area contributed by atoms with Gasteiger partial charge < -0.3 is 15.3 Å². The average molecular weight is 359 g/mol. The molecule has 1 heterocycles. The highest BCUT2D eigenvalue weighted by Crippen LogP contribution is 2.39. The van der Waals surface area contributed by atoms with Crippen LogP contribution in [0, 0.1) is 0 Å². The Hall–Kier alpha value is -2.53. The first-order valence-electron chi connectivity index (χ1n) is 8.06. The van der Waals surface area contributed by atoms with Gasteiger partial charge in [0.1, 0.15) is 0 Å². The lowest BCUT2D eigenvalue weighted by molar-refractivity contribution is -0.117. The number of halogens is 1. The van der Waals surface area contributed by atoms with Gasteiger partial charge in [0, 0.05) is 29.4 Å². The molecule has 0 aliphatic carbocycles. The Kier molecular flexibility index (Phi) is 4.68. The number of carboxylic acids is 1. The predicted molar refractivity (Wildman–Crippen MR) is 98.5 cm³/mol. The van der Waals surface area contributed by atoms with Gasteiger partial charge in [-0.3, -0.25) is 4.79 Å². The van der Waals surface area contributed by atoms with E-state index in [1.165, 1.54) is 13.0 Å². The number of hydrogen-bond acceptors (Lipinski definition) is 3. The van der Waals surface area contributed by atoms with E-state index in [2.05, 4.69) is 5.32 Å². The maximum atomic E-state index is 12.1. The van der Waals surface area contributed by atoms with Gasteiger partial charge in [-0.2, -0.15) is 0 Å². The Balaban J connectivity index is 2.03. The third-order valence-corrected chi connectivity index (χ3v) is 4.70. The maximum absolute atomic E-state index is 12.1. The highest BCUT2D eigenvalue weighted by molar-refractivity contribution is 6.30. The molecule has 25 heavy (non-hydrogen) atoms. The Labute approximate surface area is 151 Å². The molecule has 0 fully saturated rings. The van der Waals surface area contributed by atoms with Gasteiger partial charge in [-0.05, 0) is 61.4 Å². The lowest BCUT2D eigenvalue weighted by Gasteiger charge is -2.39. The van der Waals surface area contributed by atoms with Crippen LogP contribution in [0.3, 0.4) is 0 Å². The SMILES string of the molecule is CC(=O)N1c2ccc(C(=O)O)cc2C(Nc2ccc(Cl)cc2)C[C@@H]1C. The van der Waals surface area contributed by atoms with E-state index in [9.17, 15) is 14.7 Å². The van der Waals surface area contributed by atoms with Crippen LogP contribution in [0.15, 0.2) is 42.5 Å². The molecule has 0 saturated carbocycles. The van der Waals surface area contributed by atoms with Gasteiger partial charge in [0.05, 0.1) is 11.6 Å². The van der Waals surface area contributed by atoms with Crippen LogP contribution in [0.4, 0.5) is 11.4 Å². The van der Waals surface area contributed by atoms with E-state index in [1.807, 2.05) is 19.1 Å². The van der Waals surface area contributed by atoms with E-state index >= 15 is 0 Å². The van der Waals surface area contributed by atoms with Crippen LogP contribution in [-0.2, 0) is 4.79 Å². The number of nitrogens with zero attached hydrogens (tertiary/aromatic N) is 1. The van der Waals surface area contributed by atoms with Crippen LogP contribution in [0.25, 0.3) is 0 Å². The summed E-state index contributed by atoms with van der Waals surface area (Å²) >= 11 is 5.93. The van der Waals surface area contributed by atoms with Crippen LogP contribution in [-0.4, -0.2) is 23.0 Å². The number of carbonyl (C=O) groups excluding carboxylic acids is 1. The summed E-state index contributed by atoms with van der Waals surface area (Å²) in [6.07, 6.45) is 0.679. The van der Waals surface area contributed by atoms with Crippen LogP contribution in [0.2, 0.25) is 5.02 Å². The molecular formula is C19H19ClN2O3. The van der Waals surface area contributed by atoms with E-state index in [-0.39, 0.29) is 23.6 Å². The van der Waals surface area contributed by atoms with Gasteiger partial charge >= 0.3 is 5.97 Å². The quantitative estimate of drug-likeness (QED) is 0.856. The molecule has 1 aliphatic heterocycles. The summed E-state index contributed by atoms with van der Waals surface area (Å²) < 4.78 is 0. The van der Waals surface area contributed by atoms with E-state index in [4.69, 9.17) is 11.6 Å². The topological polar surface area (TPSA) is 69.6 Å². The Morgan fingerprint density at radius 3 is 2.48 bits per heavy atom. The molecule has 2 atom stereocenters. The van der Waals surface area contributed by atoms with Crippen molar-refractivity contribution in [3.05, 3.63) is 58.6 Å². The molecule has 0 aromatic heterocycles. The van der Waals surface area contributed by atoms with Crippen LogP contribution < -0.4 is 10.2 Å². The Morgan fingerprint density at radius 2 is 1.88 bits per heavy atom. The van der Waals surface area contributed by atoms with Crippen molar-refractivity contribution in [3.63, 3.8) is 0 Å². The molecular weight excluding hydrogens is 340 g/mol. The number of carbonyl (C=O) groups is 2. The fourth-order valence-electron chi connectivity index (χ4n) is 3.36. The molecule has 0 bridgehead atoms. The normalized spacial score (nSPS) is 19.2. The summed E-state index contributed by atoms with van der Waals surface area (Å²) in [7, 11) is 0. The van der Waals surface area contributed by atoms with Crippen molar-refractivity contribution in [1.82, 2.24) is 0 Å². The van der Waals surface area contributed by atoms with E-state index in [0.717, 1.165) is 16.9 Å². The number of carboxylic acid groups (broad SMARTS) is 1. The first-order chi connectivity index (χ1) is 11.9. The second kappa shape index (κ2) is 6.76. The molecule has 1 aliphatic rings. The van der Waals surface area contributed by atoms with Crippen LogP contribution in [0.5, 0.6) is 0 Å². The van der Waals surface area contributed by atoms with Gasteiger partial charge in [0.25, 0.3) is 0 Å². The molecule has 2 aromatic rings. The van der Waals surface area contributed by atoms with Crippen molar-refractivity contribution in [3.8, 4) is 0 Å². The average Bonchev–Trinajstić information content (AvgIpc) is 2.56. The summed E-state index contributed by atoms with van der Waals surface area (Å²) in [6.45, 7) is 3.52. The lowest BCUT2D eigenvalue weighted by atomic mass is 9.90. The summed E-state index contributed by atoms with van der Waals surface area (Å²) in [5.74, 6) is -1.04. The minimum atomic E-state index is -0.985. The maximum Gasteiger partial charge on any atom is 0.335 e. The Morgan fingerprint density at radius 1 is 1.20 bits per heavy atom. The van der Waals surface area contributed by atoms with Crippen molar-refractivity contribution in [2.24, 2.45) is 0 Å². The number of aromatic carboxylic acids is 1. The third kappa shape index (κ3) is 3.46. The number of anilines is 2. The molecule has 5 nitrogen and oxygen atoms in total. The number of nitrogens with one attached hydrogen (secondary N) is 1. The first kappa shape index (κ1) is 17.3. The van der Waals surface area contributed by atoms with Gasteiger partial charge in [0.15, 0.2) is 0 Å². The largest absolute Gasteiger partial charge is 0.478 e. The molecule has 130 valence electrons. The van der Waals surface area contributed by atoms with E-state index in [0.29, 0.717) is 11.4 Å². The van der Waals surface area contributed by atoms with Crippen molar-refractivity contribution >= 4 is 34.9 Å². The van der Waals surface area contributed by atoms with Crippen molar-refractivity contribution < 1.29 is 14.7 Å². The van der Waals surface area contributed by atoms with Gasteiger partial charge in [0.2, 0.25) is 5.91 Å². The van der Waals surface area contributed by atoms with E-state index in [1.54, 1.807) is 29.2 Å². The van der Waals surface area contributed by atoms with Crippen LogP contribution in [0.1, 0.15) is 42.2 Å². The molecule has 2 N–H and O–H groups in total. The fourth-order valence-corrected chi connectivity index (χ4v) is 3.49. The van der Waals surface area contributed by atoms with E-state index < -0.39 is 5.97 Å². The molecule has 1 unspecified atom stereocenters. The minimum Gasteiger partial charge on any atom is -0.478 e. The zero-order valence-electron chi connectivity index (χ0n) is 14.0. The third-order valence-electron chi connectivity index (χ3n) is 4.45. The molecule has 2 aromatic carbocycles. The summed E-state index contributed by atoms with van der Waals surface area (Å²) in [6, 6.07) is 12.2. The van der Waals surface area contributed by atoms with Crippen molar-refractivity contribution in [1.29, 1.82) is 0 Å². The summed E-state index contributed by atoms with van der Waals surface area (Å²) in [5, 5.41) is 13.4. The first-order valence-corrected chi connectivity index (χ1v) is 8.43. The predicted octanol–water partition coefficient (Wildman–Crippen LogP) is 4.34. The highest BCUT2D eigenvalue weighted by Gasteiger charge is 2.33. The summed E-state index contributed by atoms with van der Waals surface area (Å²) in [4.78, 5) is 25.1. The van der Waals surface area contributed by atoms with Gasteiger partial charge in [-0.1, -0.05) is 11.6 Å². The second-order valence-electron chi connectivity index (χ2n) is 6.26. The number of rotatable bonds is 3.